The largest absolute Gasteiger partial charge is 0.573 e. The van der Waals surface area contributed by atoms with E-state index in [9.17, 15) is 22.8 Å². The summed E-state index contributed by atoms with van der Waals surface area (Å²) < 4.78 is 46.4. The lowest BCUT2D eigenvalue weighted by atomic mass is 9.83. The highest BCUT2D eigenvalue weighted by Crippen LogP contribution is 2.23. The molecule has 0 aliphatic rings. The molecule has 7 nitrogen and oxygen atoms in total. The van der Waals surface area contributed by atoms with Crippen molar-refractivity contribution in [3.8, 4) is 11.5 Å². The van der Waals surface area contributed by atoms with Crippen molar-refractivity contribution in [2.75, 3.05) is 6.61 Å². The molecule has 0 fully saturated rings. The molecule has 0 saturated carbocycles. The summed E-state index contributed by atoms with van der Waals surface area (Å²) in [5, 5.41) is 2.47. The first-order valence-corrected chi connectivity index (χ1v) is 10.1. The fourth-order valence-electron chi connectivity index (χ4n) is 3.05. The van der Waals surface area contributed by atoms with Gasteiger partial charge in [-0.1, -0.05) is 30.4 Å². The van der Waals surface area contributed by atoms with Crippen molar-refractivity contribution in [1.29, 1.82) is 0 Å². The maximum absolute atomic E-state index is 12.6. The number of alkyl halides is 3. The molecule has 1 atom stereocenters. The van der Waals surface area contributed by atoms with Crippen molar-refractivity contribution in [2.45, 2.75) is 45.1 Å². The molecule has 5 N–H and O–H groups in total. The van der Waals surface area contributed by atoms with Gasteiger partial charge in [0.1, 0.15) is 26.0 Å². The van der Waals surface area contributed by atoms with Crippen LogP contribution in [0.4, 0.5) is 13.2 Å². The predicted octanol–water partition coefficient (Wildman–Crippen LogP) is 1.84. The third-order valence-electron chi connectivity index (χ3n) is 4.93. The van der Waals surface area contributed by atoms with E-state index >= 15 is 0 Å². The van der Waals surface area contributed by atoms with Gasteiger partial charge in [-0.05, 0) is 43.7 Å². The van der Waals surface area contributed by atoms with Crippen LogP contribution in [0, 0.1) is 0 Å². The quantitative estimate of drug-likeness (QED) is 0.465. The summed E-state index contributed by atoms with van der Waals surface area (Å²) in [5.74, 6) is -1.75. The minimum Gasteiger partial charge on any atom is -0.490 e. The molecular weight excluding hydrogens is 438 g/mol. The summed E-state index contributed by atoms with van der Waals surface area (Å²) in [5.41, 5.74) is 11.7. The highest BCUT2D eigenvalue weighted by Gasteiger charge is 2.35. The van der Waals surface area contributed by atoms with Gasteiger partial charge in [0.15, 0.2) is 5.54 Å². The number of hydrogen-bond acceptors (Lipinski definition) is 5. The third kappa shape index (κ3) is 6.89. The second kappa shape index (κ2) is 10.6. The number of benzene rings is 2. The van der Waals surface area contributed by atoms with E-state index in [0.717, 1.165) is 42.7 Å². The fraction of sp³-hybridized carbons (Fsp3) is 0.364. The molecule has 33 heavy (non-hydrogen) atoms. The van der Waals surface area contributed by atoms with Crippen LogP contribution in [-0.2, 0) is 17.8 Å². The van der Waals surface area contributed by atoms with E-state index in [-0.39, 0.29) is 18.7 Å². The van der Waals surface area contributed by atoms with Gasteiger partial charge in [-0.3, -0.25) is 9.59 Å². The van der Waals surface area contributed by atoms with E-state index in [1.165, 1.54) is 6.92 Å². The number of amides is 2. The predicted molar refractivity (Wildman–Crippen MR) is 117 cm³/mol. The SMILES string of the molecule is [B]c1c(CCC)ccc(OCC(C)(NC(=O)c2ccc(OC(F)(F)F)cc2)C(N)=O)c1CN. The minimum atomic E-state index is -4.85. The zero-order chi connectivity index (χ0) is 24.8. The van der Waals surface area contributed by atoms with Crippen molar-refractivity contribution in [3.05, 3.63) is 53.1 Å². The highest BCUT2D eigenvalue weighted by molar-refractivity contribution is 6.34. The van der Waals surface area contributed by atoms with Crippen LogP contribution in [0.3, 0.4) is 0 Å². The number of aryl methyl sites for hydroxylation is 1. The van der Waals surface area contributed by atoms with Crippen LogP contribution in [-0.4, -0.2) is 38.2 Å². The lowest BCUT2D eigenvalue weighted by Crippen LogP contribution is -2.59. The van der Waals surface area contributed by atoms with Gasteiger partial charge in [0.25, 0.3) is 5.91 Å². The lowest BCUT2D eigenvalue weighted by molar-refractivity contribution is -0.274. The number of rotatable bonds is 10. The Bertz CT molecular complexity index is 1000. The standard InChI is InChI=1S/C22H25BF3N3O4/c1-3-4-13-7-10-17(16(11-27)18(13)23)32-12-21(2,20(28)31)29-19(30)14-5-8-15(9-6-14)33-22(24,25)26/h5-10H,3-4,11-12,27H2,1-2H3,(H2,28,31)(H,29,30). The smallest absolute Gasteiger partial charge is 0.490 e. The lowest BCUT2D eigenvalue weighted by Gasteiger charge is -2.28. The zero-order valence-electron chi connectivity index (χ0n) is 18.3. The summed E-state index contributed by atoms with van der Waals surface area (Å²) in [4.78, 5) is 24.7. The van der Waals surface area contributed by atoms with Gasteiger partial charge >= 0.3 is 6.36 Å². The topological polar surface area (TPSA) is 117 Å². The molecule has 0 aliphatic heterocycles. The van der Waals surface area contributed by atoms with Crippen molar-refractivity contribution in [2.24, 2.45) is 11.5 Å². The number of carbonyl (C=O) groups excluding carboxylic acids is 2. The summed E-state index contributed by atoms with van der Waals surface area (Å²) >= 11 is 0. The molecule has 11 heteroatoms. The molecule has 0 aromatic heterocycles. The normalized spacial score (nSPS) is 13.2. The van der Waals surface area contributed by atoms with Gasteiger partial charge in [0.05, 0.1) is 0 Å². The van der Waals surface area contributed by atoms with E-state index in [2.05, 4.69) is 10.1 Å². The fourth-order valence-corrected chi connectivity index (χ4v) is 3.05. The van der Waals surface area contributed by atoms with E-state index in [1.807, 2.05) is 6.92 Å². The molecule has 0 bridgehead atoms. The first kappa shape index (κ1) is 26.1. The molecule has 0 spiro atoms. The second-order valence-corrected chi connectivity index (χ2v) is 7.58. The molecule has 2 aromatic rings. The van der Waals surface area contributed by atoms with Crippen LogP contribution in [0.5, 0.6) is 11.5 Å². The number of ether oxygens (including phenoxy) is 2. The summed E-state index contributed by atoms with van der Waals surface area (Å²) in [6.07, 6.45) is -3.20. The van der Waals surface area contributed by atoms with Crippen LogP contribution in [0.2, 0.25) is 0 Å². The Hall–Kier alpha value is -3.21. The summed E-state index contributed by atoms with van der Waals surface area (Å²) in [7, 11) is 6.19. The molecule has 0 heterocycles. The van der Waals surface area contributed by atoms with Gasteiger partial charge in [0, 0.05) is 17.7 Å². The number of nitrogens with two attached hydrogens (primary N) is 2. The average Bonchev–Trinajstić information content (AvgIpc) is 2.73. The van der Waals surface area contributed by atoms with Crippen molar-refractivity contribution in [1.82, 2.24) is 5.32 Å². The third-order valence-corrected chi connectivity index (χ3v) is 4.93. The Labute approximate surface area is 191 Å². The molecule has 2 aromatic carbocycles. The maximum atomic E-state index is 12.6. The number of hydrogen-bond donors (Lipinski definition) is 3. The van der Waals surface area contributed by atoms with Crippen molar-refractivity contribution < 1.29 is 32.2 Å². The Kier molecular flexibility index (Phi) is 8.37. The van der Waals surface area contributed by atoms with E-state index < -0.39 is 29.5 Å². The Morgan fingerprint density at radius 3 is 2.27 bits per heavy atom. The van der Waals surface area contributed by atoms with Gasteiger partial charge < -0.3 is 26.3 Å². The Balaban J connectivity index is 2.16. The first-order valence-electron chi connectivity index (χ1n) is 10.1. The molecule has 2 radical (unpaired) electrons. The number of primary amides is 1. The highest BCUT2D eigenvalue weighted by atomic mass is 19.4. The van der Waals surface area contributed by atoms with Gasteiger partial charge in [0.2, 0.25) is 5.91 Å². The van der Waals surface area contributed by atoms with E-state index in [1.54, 1.807) is 12.1 Å². The molecular formula is C22H25BF3N3O4. The number of halogens is 3. The van der Waals surface area contributed by atoms with E-state index in [0.29, 0.717) is 16.8 Å². The molecule has 2 rings (SSSR count). The Morgan fingerprint density at radius 1 is 1.12 bits per heavy atom. The average molecular weight is 463 g/mol. The van der Waals surface area contributed by atoms with Crippen LogP contribution in [0.15, 0.2) is 36.4 Å². The molecule has 176 valence electrons. The van der Waals surface area contributed by atoms with E-state index in [4.69, 9.17) is 24.1 Å². The summed E-state index contributed by atoms with van der Waals surface area (Å²) in [6.45, 7) is 3.16. The van der Waals surface area contributed by atoms with Crippen LogP contribution < -0.4 is 31.7 Å². The molecule has 0 saturated heterocycles. The van der Waals surface area contributed by atoms with Crippen molar-refractivity contribution >= 4 is 25.1 Å². The van der Waals surface area contributed by atoms with Gasteiger partial charge in [-0.15, -0.1) is 13.2 Å². The van der Waals surface area contributed by atoms with Crippen LogP contribution in [0.1, 0.15) is 41.8 Å². The molecule has 0 aliphatic carbocycles. The maximum Gasteiger partial charge on any atom is 0.573 e. The second-order valence-electron chi connectivity index (χ2n) is 7.58. The molecule has 2 amide bonds. The number of carbonyl (C=O) groups is 2. The first-order chi connectivity index (χ1) is 15.4. The van der Waals surface area contributed by atoms with Crippen LogP contribution in [0.25, 0.3) is 0 Å². The summed E-state index contributed by atoms with van der Waals surface area (Å²) in [6, 6.07) is 7.70. The van der Waals surface area contributed by atoms with Gasteiger partial charge in [-0.2, -0.15) is 0 Å². The van der Waals surface area contributed by atoms with Crippen LogP contribution >= 0.6 is 0 Å². The molecule has 1 unspecified atom stereocenters. The van der Waals surface area contributed by atoms with Crippen molar-refractivity contribution in [3.63, 3.8) is 0 Å². The number of nitrogens with one attached hydrogen (secondary N) is 1. The zero-order valence-corrected chi connectivity index (χ0v) is 18.3. The monoisotopic (exact) mass is 463 g/mol. The minimum absolute atomic E-state index is 0.00666. The Morgan fingerprint density at radius 2 is 1.76 bits per heavy atom. The van der Waals surface area contributed by atoms with Gasteiger partial charge in [-0.25, -0.2) is 0 Å².